The van der Waals surface area contributed by atoms with Crippen molar-refractivity contribution in [3.05, 3.63) is 73.7 Å². The second kappa shape index (κ2) is 10.6. The summed E-state index contributed by atoms with van der Waals surface area (Å²) in [6, 6.07) is 13.6. The minimum Gasteiger partial charge on any atom is -0.506 e. The molecule has 0 bridgehead atoms. The minimum absolute atomic E-state index is 0.0455. The van der Waals surface area contributed by atoms with E-state index in [1.54, 1.807) is 29.7 Å². The molecule has 4 rings (SSSR count). The highest BCUT2D eigenvalue weighted by Crippen LogP contribution is 2.34. The number of thiazole rings is 1. The van der Waals surface area contributed by atoms with E-state index in [0.717, 1.165) is 42.6 Å². The van der Waals surface area contributed by atoms with E-state index in [1.807, 2.05) is 32.0 Å². The molecule has 0 unspecified atom stereocenters. The van der Waals surface area contributed by atoms with Gasteiger partial charge in [0.2, 0.25) is 5.91 Å². The third kappa shape index (κ3) is 5.89. The molecule has 0 aliphatic carbocycles. The van der Waals surface area contributed by atoms with E-state index in [-0.39, 0.29) is 11.7 Å². The third-order valence-electron chi connectivity index (χ3n) is 5.02. The normalized spacial score (nSPS) is 11.4. The molecule has 0 spiro atoms. The van der Waals surface area contributed by atoms with Crippen LogP contribution in [0.15, 0.2) is 60.7 Å². The first-order valence-electron chi connectivity index (χ1n) is 10.3. The van der Waals surface area contributed by atoms with Gasteiger partial charge in [-0.3, -0.25) is 9.79 Å². The Morgan fingerprint density at radius 3 is 2.47 bits per heavy atom. The van der Waals surface area contributed by atoms with Crippen LogP contribution in [0.25, 0.3) is 10.2 Å². The molecule has 0 atom stereocenters. The van der Waals surface area contributed by atoms with Gasteiger partial charge in [-0.25, -0.2) is 4.98 Å². The van der Waals surface area contributed by atoms with Crippen molar-refractivity contribution < 1.29 is 9.90 Å². The minimum atomic E-state index is -0.0455. The number of hydrogen-bond acceptors (Lipinski definition) is 6. The van der Waals surface area contributed by atoms with Crippen molar-refractivity contribution in [3.8, 4) is 5.75 Å². The maximum Gasteiger partial charge on any atom is 0.234 e. The maximum absolute atomic E-state index is 12.5. The number of aromatic nitrogens is 1. The first-order chi connectivity index (χ1) is 16.2. The fourth-order valence-electron chi connectivity index (χ4n) is 3.52. The van der Waals surface area contributed by atoms with E-state index in [1.165, 1.54) is 17.3 Å². The van der Waals surface area contributed by atoms with E-state index in [2.05, 4.69) is 66.2 Å². The van der Waals surface area contributed by atoms with E-state index in [4.69, 9.17) is 0 Å². The zero-order valence-electron chi connectivity index (χ0n) is 18.6. The summed E-state index contributed by atoms with van der Waals surface area (Å²) in [5, 5.41) is 12.9. The molecule has 0 saturated carbocycles. The summed E-state index contributed by atoms with van der Waals surface area (Å²) in [4.78, 5) is 21.7. The van der Waals surface area contributed by atoms with Gasteiger partial charge in [0, 0.05) is 11.9 Å². The smallest absolute Gasteiger partial charge is 0.234 e. The molecule has 174 valence electrons. The standard InChI is InChI=1S/C25H21Br2N3O2S2/c1-13-6-14(2)23(15(3)7-13)30-22(31)12-33-25-29-20-5-4-17(10-21(20)34-25)28-11-16-8-18(26)24(32)19(27)9-16/h4-11,32H,12H2,1-3H3,(H,30,31). The molecular formula is C25H21Br2N3O2S2. The Balaban J connectivity index is 1.43. The second-order valence-electron chi connectivity index (χ2n) is 7.83. The van der Waals surface area contributed by atoms with Crippen molar-refractivity contribution >= 4 is 88.7 Å². The van der Waals surface area contributed by atoms with Gasteiger partial charge in [-0.15, -0.1) is 11.3 Å². The number of thioether (sulfide) groups is 1. The van der Waals surface area contributed by atoms with E-state index in [0.29, 0.717) is 14.7 Å². The van der Waals surface area contributed by atoms with E-state index >= 15 is 0 Å². The summed E-state index contributed by atoms with van der Waals surface area (Å²) in [6.07, 6.45) is 1.74. The highest BCUT2D eigenvalue weighted by atomic mass is 79.9. The van der Waals surface area contributed by atoms with Gasteiger partial charge in [0.05, 0.1) is 30.6 Å². The molecule has 3 aromatic carbocycles. The lowest BCUT2D eigenvalue weighted by Gasteiger charge is -2.12. The molecule has 1 heterocycles. The van der Waals surface area contributed by atoms with Crippen molar-refractivity contribution in [3.63, 3.8) is 0 Å². The number of aryl methyl sites for hydroxylation is 3. The molecule has 5 nitrogen and oxygen atoms in total. The number of nitrogens with one attached hydrogen (secondary N) is 1. The molecule has 2 N–H and O–H groups in total. The first-order valence-corrected chi connectivity index (χ1v) is 13.7. The predicted molar refractivity (Wildman–Crippen MR) is 150 cm³/mol. The Hall–Kier alpha value is -2.20. The average molecular weight is 619 g/mol. The Bertz CT molecular complexity index is 1390. The number of hydrogen-bond donors (Lipinski definition) is 2. The Morgan fingerprint density at radius 2 is 1.79 bits per heavy atom. The second-order valence-corrected chi connectivity index (χ2v) is 11.8. The van der Waals surface area contributed by atoms with E-state index < -0.39 is 0 Å². The zero-order chi connectivity index (χ0) is 24.4. The summed E-state index contributed by atoms with van der Waals surface area (Å²) in [6.45, 7) is 6.07. The van der Waals surface area contributed by atoms with Crippen molar-refractivity contribution in [2.45, 2.75) is 25.1 Å². The topological polar surface area (TPSA) is 74.6 Å². The summed E-state index contributed by atoms with van der Waals surface area (Å²) in [7, 11) is 0. The van der Waals surface area contributed by atoms with Crippen LogP contribution in [0.1, 0.15) is 22.3 Å². The molecule has 0 radical (unpaired) electrons. The molecule has 4 aromatic rings. The van der Waals surface area contributed by atoms with Gasteiger partial charge in [0.15, 0.2) is 4.34 Å². The van der Waals surface area contributed by atoms with Gasteiger partial charge >= 0.3 is 0 Å². The number of carbonyl (C=O) groups is 1. The fraction of sp³-hybridized carbons (Fsp3) is 0.160. The number of benzene rings is 3. The van der Waals surface area contributed by atoms with Crippen LogP contribution in [0.3, 0.4) is 0 Å². The predicted octanol–water partition coefficient (Wildman–Crippen LogP) is 7.93. The van der Waals surface area contributed by atoms with Gasteiger partial charge in [0.1, 0.15) is 5.75 Å². The largest absolute Gasteiger partial charge is 0.506 e. The Morgan fingerprint density at radius 1 is 1.12 bits per heavy atom. The van der Waals surface area contributed by atoms with Gasteiger partial charge in [-0.2, -0.15) is 0 Å². The van der Waals surface area contributed by atoms with Crippen molar-refractivity contribution in [1.82, 2.24) is 4.98 Å². The van der Waals surface area contributed by atoms with Gasteiger partial charge in [-0.1, -0.05) is 29.5 Å². The monoisotopic (exact) mass is 617 g/mol. The van der Waals surface area contributed by atoms with Crippen LogP contribution < -0.4 is 5.32 Å². The first kappa shape index (κ1) is 24.9. The number of fused-ring (bicyclic) bond motifs is 1. The van der Waals surface area contributed by atoms with Crippen LogP contribution in [-0.2, 0) is 4.79 Å². The van der Waals surface area contributed by atoms with Crippen LogP contribution in [0.2, 0.25) is 0 Å². The lowest BCUT2D eigenvalue weighted by atomic mass is 10.1. The molecule has 0 fully saturated rings. The molecule has 1 aromatic heterocycles. The highest BCUT2D eigenvalue weighted by Gasteiger charge is 2.11. The van der Waals surface area contributed by atoms with Crippen molar-refractivity contribution in [2.75, 3.05) is 11.1 Å². The maximum atomic E-state index is 12.5. The van der Waals surface area contributed by atoms with Crippen molar-refractivity contribution in [1.29, 1.82) is 0 Å². The Labute approximate surface area is 223 Å². The zero-order valence-corrected chi connectivity index (χ0v) is 23.5. The lowest BCUT2D eigenvalue weighted by molar-refractivity contribution is -0.113. The number of amides is 1. The van der Waals surface area contributed by atoms with Gasteiger partial charge in [0.25, 0.3) is 0 Å². The number of rotatable bonds is 6. The molecule has 34 heavy (non-hydrogen) atoms. The molecular weight excluding hydrogens is 598 g/mol. The average Bonchev–Trinajstić information content (AvgIpc) is 3.19. The molecule has 1 amide bonds. The number of nitrogens with zero attached hydrogens (tertiary/aromatic N) is 2. The summed E-state index contributed by atoms with van der Waals surface area (Å²) < 4.78 is 3.05. The number of carbonyl (C=O) groups excluding carboxylic acids is 1. The molecule has 9 heteroatoms. The number of anilines is 1. The van der Waals surface area contributed by atoms with Gasteiger partial charge < -0.3 is 10.4 Å². The van der Waals surface area contributed by atoms with Crippen LogP contribution >= 0.6 is 55.0 Å². The third-order valence-corrected chi connectivity index (χ3v) is 8.39. The van der Waals surface area contributed by atoms with Crippen LogP contribution in [0.5, 0.6) is 5.75 Å². The van der Waals surface area contributed by atoms with Crippen LogP contribution in [-0.4, -0.2) is 28.0 Å². The highest BCUT2D eigenvalue weighted by molar-refractivity contribution is 9.11. The SMILES string of the molecule is Cc1cc(C)c(NC(=O)CSc2nc3ccc(N=Cc4cc(Br)c(O)c(Br)c4)cc3s2)c(C)c1. The van der Waals surface area contributed by atoms with Crippen molar-refractivity contribution in [2.24, 2.45) is 4.99 Å². The number of halogens is 2. The number of phenolic OH excluding ortho intramolecular Hbond substituents is 1. The summed E-state index contributed by atoms with van der Waals surface area (Å²) >= 11 is 9.64. The number of aliphatic imine (C=N–C) groups is 1. The summed E-state index contributed by atoms with van der Waals surface area (Å²) in [5.74, 6) is 0.407. The quantitative estimate of drug-likeness (QED) is 0.170. The van der Waals surface area contributed by atoms with Gasteiger partial charge in [-0.05, 0) is 99.7 Å². The molecule has 0 aliphatic rings. The fourth-order valence-corrected chi connectivity index (χ4v) is 6.65. The summed E-state index contributed by atoms with van der Waals surface area (Å²) in [5.41, 5.74) is 6.73. The Kier molecular flexibility index (Phi) is 7.77. The van der Waals surface area contributed by atoms with Crippen LogP contribution in [0.4, 0.5) is 11.4 Å². The lowest BCUT2D eigenvalue weighted by Crippen LogP contribution is -2.15. The van der Waals surface area contributed by atoms with E-state index in [9.17, 15) is 9.90 Å². The van der Waals surface area contributed by atoms with Crippen LogP contribution in [0, 0.1) is 20.8 Å². The molecule has 0 saturated heterocycles. The number of phenols is 1. The number of aromatic hydroxyl groups is 1. The molecule has 0 aliphatic heterocycles.